The van der Waals surface area contributed by atoms with Crippen molar-refractivity contribution < 1.29 is 10.0 Å². The van der Waals surface area contributed by atoms with Crippen LogP contribution in [0.2, 0.25) is 0 Å². The first-order valence-electron chi connectivity index (χ1n) is 7.33. The van der Waals surface area contributed by atoms with Crippen LogP contribution < -0.4 is 5.32 Å². The molecule has 1 aromatic carbocycles. The van der Waals surface area contributed by atoms with E-state index >= 15 is 0 Å². The number of nitrogens with zero attached hydrogens (tertiary/aromatic N) is 2. The number of benzene rings is 1. The number of hydrogen-bond donors (Lipinski definition) is 2. The number of nitro groups is 1. The van der Waals surface area contributed by atoms with E-state index in [2.05, 4.69) is 24.1 Å². The molecule has 1 aromatic rings. The first kappa shape index (κ1) is 17.6. The maximum absolute atomic E-state index is 10.9. The summed E-state index contributed by atoms with van der Waals surface area (Å²) in [5, 5.41) is 24.0. The molecule has 0 radical (unpaired) electrons. The Morgan fingerprint density at radius 3 is 2.62 bits per heavy atom. The highest BCUT2D eigenvalue weighted by Gasteiger charge is 2.13. The Morgan fingerprint density at radius 1 is 1.38 bits per heavy atom. The third-order valence-electron chi connectivity index (χ3n) is 3.67. The second-order valence-electron chi connectivity index (χ2n) is 5.09. The largest absolute Gasteiger partial charge is 0.390 e. The summed E-state index contributed by atoms with van der Waals surface area (Å²) in [7, 11) is 0. The summed E-state index contributed by atoms with van der Waals surface area (Å²) >= 11 is 0. The molecule has 0 aliphatic carbocycles. The van der Waals surface area contributed by atoms with Crippen LogP contribution in [-0.2, 0) is 6.54 Å². The first-order chi connectivity index (χ1) is 9.99. The maximum Gasteiger partial charge on any atom is 0.272 e. The zero-order chi connectivity index (χ0) is 15.8. The zero-order valence-electron chi connectivity index (χ0n) is 13.0. The van der Waals surface area contributed by atoms with E-state index in [4.69, 9.17) is 0 Å². The SMILES string of the molecule is CCN(CC)CC(O)CNCc1cccc([N+](=O)[O-])c1C. The molecule has 2 N–H and O–H groups in total. The van der Waals surface area contributed by atoms with Crippen molar-refractivity contribution in [3.63, 3.8) is 0 Å². The average Bonchev–Trinajstić information content (AvgIpc) is 2.46. The van der Waals surface area contributed by atoms with Crippen LogP contribution in [0.25, 0.3) is 0 Å². The fourth-order valence-electron chi connectivity index (χ4n) is 2.28. The van der Waals surface area contributed by atoms with Crippen molar-refractivity contribution in [2.75, 3.05) is 26.2 Å². The lowest BCUT2D eigenvalue weighted by molar-refractivity contribution is -0.385. The minimum Gasteiger partial charge on any atom is -0.390 e. The highest BCUT2D eigenvalue weighted by molar-refractivity contribution is 5.44. The molecule has 0 aliphatic heterocycles. The number of likely N-dealkylation sites (N-methyl/N-ethyl adjacent to an activating group) is 1. The van der Waals surface area contributed by atoms with Gasteiger partial charge < -0.3 is 15.3 Å². The van der Waals surface area contributed by atoms with Crippen LogP contribution in [0.5, 0.6) is 0 Å². The van der Waals surface area contributed by atoms with Crippen LogP contribution in [0, 0.1) is 17.0 Å². The summed E-state index contributed by atoms with van der Waals surface area (Å²) in [5.41, 5.74) is 1.70. The second kappa shape index (κ2) is 8.71. The summed E-state index contributed by atoms with van der Waals surface area (Å²) < 4.78 is 0. The molecule has 6 nitrogen and oxygen atoms in total. The molecule has 1 atom stereocenters. The quantitative estimate of drug-likeness (QED) is 0.535. The minimum absolute atomic E-state index is 0.137. The normalized spacial score (nSPS) is 12.6. The van der Waals surface area contributed by atoms with Gasteiger partial charge in [0.05, 0.1) is 11.0 Å². The Labute approximate surface area is 125 Å². The van der Waals surface area contributed by atoms with Crippen LogP contribution in [-0.4, -0.2) is 47.2 Å². The first-order valence-corrected chi connectivity index (χ1v) is 7.33. The van der Waals surface area contributed by atoms with Crippen LogP contribution in [0.1, 0.15) is 25.0 Å². The molecule has 0 heterocycles. The Hall–Kier alpha value is -1.50. The topological polar surface area (TPSA) is 78.6 Å². The van der Waals surface area contributed by atoms with Crippen LogP contribution in [0.4, 0.5) is 5.69 Å². The van der Waals surface area contributed by atoms with Crippen molar-refractivity contribution in [3.05, 3.63) is 39.4 Å². The van der Waals surface area contributed by atoms with Gasteiger partial charge in [-0.15, -0.1) is 0 Å². The molecule has 0 aliphatic rings. The van der Waals surface area contributed by atoms with Gasteiger partial charge in [0.25, 0.3) is 5.69 Å². The van der Waals surface area contributed by atoms with E-state index in [1.807, 2.05) is 6.07 Å². The molecule has 0 amide bonds. The molecule has 0 spiro atoms. The number of rotatable bonds is 9. The number of nitrogens with one attached hydrogen (secondary N) is 1. The highest BCUT2D eigenvalue weighted by atomic mass is 16.6. The predicted molar refractivity (Wildman–Crippen MR) is 83.3 cm³/mol. The van der Waals surface area contributed by atoms with Crippen molar-refractivity contribution in [2.45, 2.75) is 33.4 Å². The molecule has 0 saturated carbocycles. The van der Waals surface area contributed by atoms with E-state index in [1.165, 1.54) is 6.07 Å². The molecule has 0 bridgehead atoms. The maximum atomic E-state index is 10.9. The Kier molecular flexibility index (Phi) is 7.28. The van der Waals surface area contributed by atoms with E-state index in [0.29, 0.717) is 25.2 Å². The van der Waals surface area contributed by atoms with Gasteiger partial charge in [0.1, 0.15) is 0 Å². The molecule has 21 heavy (non-hydrogen) atoms. The van der Waals surface area contributed by atoms with Gasteiger partial charge in [0.15, 0.2) is 0 Å². The van der Waals surface area contributed by atoms with E-state index in [1.54, 1.807) is 13.0 Å². The summed E-state index contributed by atoms with van der Waals surface area (Å²) in [6.07, 6.45) is -0.441. The molecule has 1 unspecified atom stereocenters. The summed E-state index contributed by atoms with van der Waals surface area (Å²) in [6.45, 7) is 9.33. The standard InChI is InChI=1S/C15H25N3O3/c1-4-17(5-2)11-14(19)10-16-9-13-7-6-8-15(12(13)3)18(20)21/h6-8,14,16,19H,4-5,9-11H2,1-3H3. The number of aliphatic hydroxyl groups is 1. The van der Waals surface area contributed by atoms with Gasteiger partial charge in [-0.2, -0.15) is 0 Å². The lowest BCUT2D eigenvalue weighted by Gasteiger charge is -2.22. The molecule has 1 rings (SSSR count). The van der Waals surface area contributed by atoms with Gasteiger partial charge >= 0.3 is 0 Å². The molecule has 6 heteroatoms. The third kappa shape index (κ3) is 5.41. The Balaban J connectivity index is 2.49. The molecule has 118 valence electrons. The molecule has 0 fully saturated rings. The third-order valence-corrected chi connectivity index (χ3v) is 3.67. The van der Waals surface area contributed by atoms with Crippen LogP contribution >= 0.6 is 0 Å². The number of nitro benzene ring substituents is 1. The fourth-order valence-corrected chi connectivity index (χ4v) is 2.28. The van der Waals surface area contributed by atoms with Crippen molar-refractivity contribution in [1.82, 2.24) is 10.2 Å². The van der Waals surface area contributed by atoms with Gasteiger partial charge in [0.2, 0.25) is 0 Å². The van der Waals surface area contributed by atoms with Gasteiger partial charge in [-0.3, -0.25) is 10.1 Å². The number of hydrogen-bond acceptors (Lipinski definition) is 5. The molecular weight excluding hydrogens is 270 g/mol. The lowest BCUT2D eigenvalue weighted by Crippen LogP contribution is -2.38. The van der Waals surface area contributed by atoms with E-state index in [9.17, 15) is 15.2 Å². The summed E-state index contributed by atoms with van der Waals surface area (Å²) in [5.74, 6) is 0. The highest BCUT2D eigenvalue weighted by Crippen LogP contribution is 2.20. The van der Waals surface area contributed by atoms with E-state index < -0.39 is 6.10 Å². The second-order valence-corrected chi connectivity index (χ2v) is 5.09. The lowest BCUT2D eigenvalue weighted by atomic mass is 10.1. The molecule has 0 saturated heterocycles. The zero-order valence-corrected chi connectivity index (χ0v) is 13.0. The average molecular weight is 295 g/mol. The van der Waals surface area contributed by atoms with Crippen LogP contribution in [0.15, 0.2) is 18.2 Å². The Bertz CT molecular complexity index is 461. The van der Waals surface area contributed by atoms with Crippen molar-refractivity contribution in [3.8, 4) is 0 Å². The van der Waals surface area contributed by atoms with Crippen LogP contribution in [0.3, 0.4) is 0 Å². The molecular formula is C15H25N3O3. The fraction of sp³-hybridized carbons (Fsp3) is 0.600. The number of aliphatic hydroxyl groups excluding tert-OH is 1. The van der Waals surface area contributed by atoms with Crippen molar-refractivity contribution in [1.29, 1.82) is 0 Å². The smallest absolute Gasteiger partial charge is 0.272 e. The summed E-state index contributed by atoms with van der Waals surface area (Å²) in [4.78, 5) is 12.7. The van der Waals surface area contributed by atoms with E-state index in [-0.39, 0.29) is 10.6 Å². The van der Waals surface area contributed by atoms with Gasteiger partial charge in [-0.25, -0.2) is 0 Å². The van der Waals surface area contributed by atoms with Gasteiger partial charge in [0, 0.05) is 31.3 Å². The van der Waals surface area contributed by atoms with E-state index in [0.717, 1.165) is 18.7 Å². The monoisotopic (exact) mass is 295 g/mol. The van der Waals surface area contributed by atoms with Gasteiger partial charge in [-0.1, -0.05) is 26.0 Å². The van der Waals surface area contributed by atoms with Gasteiger partial charge in [-0.05, 0) is 25.6 Å². The Morgan fingerprint density at radius 2 is 2.05 bits per heavy atom. The summed E-state index contributed by atoms with van der Waals surface area (Å²) in [6, 6.07) is 5.06. The van der Waals surface area contributed by atoms with Crippen molar-refractivity contribution >= 4 is 5.69 Å². The predicted octanol–water partition coefficient (Wildman–Crippen LogP) is 1.70. The van der Waals surface area contributed by atoms with Crippen molar-refractivity contribution in [2.24, 2.45) is 0 Å². The minimum atomic E-state index is -0.441. The molecule has 0 aromatic heterocycles.